The van der Waals surface area contributed by atoms with E-state index in [-0.39, 0.29) is 12.7 Å². The van der Waals surface area contributed by atoms with E-state index in [9.17, 15) is 4.79 Å². The quantitative estimate of drug-likeness (QED) is 0.885. The Kier molecular flexibility index (Phi) is 4.89. The van der Waals surface area contributed by atoms with E-state index < -0.39 is 6.10 Å². The Morgan fingerprint density at radius 1 is 1.21 bits per heavy atom. The van der Waals surface area contributed by atoms with Crippen molar-refractivity contribution in [3.05, 3.63) is 53.6 Å². The van der Waals surface area contributed by atoms with Gasteiger partial charge in [0.25, 0.3) is 5.91 Å². The molecule has 2 aromatic carbocycles. The van der Waals surface area contributed by atoms with E-state index in [1.54, 1.807) is 0 Å². The fourth-order valence-electron chi connectivity index (χ4n) is 2.53. The van der Waals surface area contributed by atoms with Crippen molar-refractivity contribution < 1.29 is 19.0 Å². The molecule has 5 heteroatoms. The van der Waals surface area contributed by atoms with E-state index in [2.05, 4.69) is 5.32 Å². The van der Waals surface area contributed by atoms with Gasteiger partial charge in [-0.25, -0.2) is 0 Å². The molecule has 1 aliphatic heterocycles. The van der Waals surface area contributed by atoms with Crippen LogP contribution in [0.1, 0.15) is 24.5 Å². The van der Waals surface area contributed by atoms with E-state index in [1.807, 2.05) is 56.3 Å². The molecule has 0 bridgehead atoms. The van der Waals surface area contributed by atoms with E-state index in [1.165, 1.54) is 0 Å². The fourth-order valence-corrected chi connectivity index (χ4v) is 2.53. The van der Waals surface area contributed by atoms with Gasteiger partial charge in [-0.3, -0.25) is 4.79 Å². The van der Waals surface area contributed by atoms with E-state index in [0.29, 0.717) is 24.5 Å². The number of carbonyl (C=O) groups excluding carboxylic acids is 1. The molecule has 1 amide bonds. The highest BCUT2D eigenvalue weighted by Crippen LogP contribution is 2.32. The summed E-state index contributed by atoms with van der Waals surface area (Å²) in [5.41, 5.74) is 2.06. The van der Waals surface area contributed by atoms with Gasteiger partial charge in [0.15, 0.2) is 17.6 Å². The first-order valence-electron chi connectivity index (χ1n) is 8.05. The zero-order chi connectivity index (χ0) is 16.9. The summed E-state index contributed by atoms with van der Waals surface area (Å²) in [6.45, 7) is 4.59. The molecule has 0 radical (unpaired) electrons. The predicted octanol–water partition coefficient (Wildman–Crippen LogP) is 3.20. The van der Waals surface area contributed by atoms with Crippen LogP contribution in [0.15, 0.2) is 42.5 Å². The molecule has 1 atom stereocenters. The zero-order valence-corrected chi connectivity index (χ0v) is 13.9. The molecule has 0 aromatic heterocycles. The topological polar surface area (TPSA) is 56.8 Å². The van der Waals surface area contributed by atoms with E-state index in [4.69, 9.17) is 14.2 Å². The van der Waals surface area contributed by atoms with Crippen LogP contribution < -0.4 is 19.5 Å². The highest BCUT2D eigenvalue weighted by Gasteiger charge is 2.19. The van der Waals surface area contributed by atoms with Gasteiger partial charge >= 0.3 is 0 Å². The Labute approximate surface area is 141 Å². The number of nitrogens with one attached hydrogen (secondary N) is 1. The van der Waals surface area contributed by atoms with Crippen LogP contribution in [0.3, 0.4) is 0 Å². The average molecular weight is 327 g/mol. The van der Waals surface area contributed by atoms with Crippen molar-refractivity contribution in [1.82, 2.24) is 5.32 Å². The van der Waals surface area contributed by atoms with E-state index >= 15 is 0 Å². The number of aryl methyl sites for hydroxylation is 1. The van der Waals surface area contributed by atoms with Gasteiger partial charge < -0.3 is 19.5 Å². The lowest BCUT2D eigenvalue weighted by molar-refractivity contribution is -0.128. The number of ether oxygens (including phenoxy) is 3. The highest BCUT2D eigenvalue weighted by atomic mass is 16.7. The van der Waals surface area contributed by atoms with Gasteiger partial charge in [-0.1, -0.05) is 25.1 Å². The first-order chi connectivity index (χ1) is 11.7. The Bertz CT molecular complexity index is 729. The predicted molar refractivity (Wildman–Crippen MR) is 90.3 cm³/mol. The minimum absolute atomic E-state index is 0.128. The number of fused-ring (bicyclic) bond motifs is 1. The smallest absolute Gasteiger partial charge is 0.261 e. The second-order valence-electron chi connectivity index (χ2n) is 5.74. The molecule has 24 heavy (non-hydrogen) atoms. The molecule has 0 aliphatic carbocycles. The minimum Gasteiger partial charge on any atom is -0.481 e. The first kappa shape index (κ1) is 16.2. The Hall–Kier alpha value is -2.69. The first-order valence-corrected chi connectivity index (χ1v) is 8.05. The molecule has 126 valence electrons. The summed E-state index contributed by atoms with van der Waals surface area (Å²) in [5, 5.41) is 2.92. The summed E-state index contributed by atoms with van der Waals surface area (Å²) >= 11 is 0. The van der Waals surface area contributed by atoms with Crippen molar-refractivity contribution in [2.24, 2.45) is 0 Å². The summed E-state index contributed by atoms with van der Waals surface area (Å²) < 4.78 is 16.4. The Morgan fingerprint density at radius 2 is 2.04 bits per heavy atom. The lowest BCUT2D eigenvalue weighted by Crippen LogP contribution is -2.37. The van der Waals surface area contributed by atoms with Crippen LogP contribution in [0.25, 0.3) is 0 Å². The van der Waals surface area contributed by atoms with Crippen LogP contribution in [0.5, 0.6) is 17.2 Å². The van der Waals surface area contributed by atoms with Crippen molar-refractivity contribution in [2.75, 3.05) is 6.79 Å². The van der Waals surface area contributed by atoms with Crippen molar-refractivity contribution in [3.8, 4) is 17.2 Å². The van der Waals surface area contributed by atoms with Gasteiger partial charge in [0.1, 0.15) is 5.75 Å². The minimum atomic E-state index is -0.513. The second-order valence-corrected chi connectivity index (χ2v) is 5.74. The van der Waals surface area contributed by atoms with Crippen LogP contribution in [0.4, 0.5) is 0 Å². The normalized spacial score (nSPS) is 13.4. The summed E-state index contributed by atoms with van der Waals surface area (Å²) in [6, 6.07) is 13.3. The molecule has 1 N–H and O–H groups in total. The molecule has 5 nitrogen and oxygen atoms in total. The third-order valence-corrected chi connectivity index (χ3v) is 3.83. The molecule has 0 saturated carbocycles. The Balaban J connectivity index is 1.58. The maximum Gasteiger partial charge on any atom is 0.261 e. The lowest BCUT2D eigenvalue weighted by atomic mass is 10.2. The number of hydrogen-bond acceptors (Lipinski definition) is 4. The summed E-state index contributed by atoms with van der Waals surface area (Å²) in [4.78, 5) is 12.4. The zero-order valence-electron chi connectivity index (χ0n) is 13.9. The lowest BCUT2D eigenvalue weighted by Gasteiger charge is -2.17. The molecule has 1 aliphatic rings. The summed E-state index contributed by atoms with van der Waals surface area (Å²) in [6.07, 6.45) is 0.0850. The number of amides is 1. The molecule has 0 fully saturated rings. The number of carbonyl (C=O) groups is 1. The molecule has 1 heterocycles. The molecular weight excluding hydrogens is 306 g/mol. The number of benzene rings is 2. The second kappa shape index (κ2) is 7.25. The number of hydrogen-bond donors (Lipinski definition) is 1. The van der Waals surface area contributed by atoms with Gasteiger partial charge in [0.2, 0.25) is 6.79 Å². The average Bonchev–Trinajstić information content (AvgIpc) is 3.05. The Morgan fingerprint density at radius 3 is 2.83 bits per heavy atom. The summed E-state index contributed by atoms with van der Waals surface area (Å²) in [7, 11) is 0. The molecule has 2 aromatic rings. The van der Waals surface area contributed by atoms with Gasteiger partial charge in [0, 0.05) is 6.54 Å². The van der Waals surface area contributed by atoms with Gasteiger partial charge in [-0.2, -0.15) is 0 Å². The third-order valence-electron chi connectivity index (χ3n) is 3.83. The van der Waals surface area contributed by atoms with E-state index in [0.717, 1.165) is 16.9 Å². The van der Waals surface area contributed by atoms with Crippen LogP contribution >= 0.6 is 0 Å². The van der Waals surface area contributed by atoms with Crippen molar-refractivity contribution in [3.63, 3.8) is 0 Å². The third kappa shape index (κ3) is 3.79. The molecule has 0 spiro atoms. The molecule has 0 saturated heterocycles. The van der Waals surface area contributed by atoms with Gasteiger partial charge in [-0.15, -0.1) is 0 Å². The monoisotopic (exact) mass is 327 g/mol. The molecule has 3 rings (SSSR count). The highest BCUT2D eigenvalue weighted by molar-refractivity contribution is 5.81. The fraction of sp³-hybridized carbons (Fsp3) is 0.316. The summed E-state index contributed by atoms with van der Waals surface area (Å²) in [5.74, 6) is 2.03. The largest absolute Gasteiger partial charge is 0.481 e. The van der Waals surface area contributed by atoms with Crippen molar-refractivity contribution in [1.29, 1.82) is 0 Å². The van der Waals surface area contributed by atoms with Crippen LogP contribution in [0.2, 0.25) is 0 Å². The van der Waals surface area contributed by atoms with Crippen LogP contribution in [-0.2, 0) is 11.3 Å². The SMILES string of the molecule is CC[C@H](Oc1cccc(C)c1)C(=O)NCc1ccc2c(c1)OCO2. The number of rotatable bonds is 6. The maximum atomic E-state index is 12.4. The molecular formula is C19H21NO4. The standard InChI is InChI=1S/C19H21NO4/c1-3-16(24-15-6-4-5-13(2)9-15)19(21)20-11-14-7-8-17-18(10-14)23-12-22-17/h4-10,16H,3,11-12H2,1-2H3,(H,20,21)/t16-/m0/s1. The maximum absolute atomic E-state index is 12.4. The van der Waals surface area contributed by atoms with Crippen molar-refractivity contribution in [2.45, 2.75) is 32.9 Å². The van der Waals surface area contributed by atoms with Gasteiger partial charge in [0.05, 0.1) is 0 Å². The molecule has 0 unspecified atom stereocenters. The van der Waals surface area contributed by atoms with Gasteiger partial charge in [-0.05, 0) is 48.7 Å². The van der Waals surface area contributed by atoms with Crippen LogP contribution in [0, 0.1) is 6.92 Å². The van der Waals surface area contributed by atoms with Crippen LogP contribution in [-0.4, -0.2) is 18.8 Å². The van der Waals surface area contributed by atoms with Crippen molar-refractivity contribution >= 4 is 5.91 Å².